The van der Waals surface area contributed by atoms with Crippen molar-refractivity contribution in [2.24, 2.45) is 11.0 Å². The average Bonchev–Trinajstić information content (AvgIpc) is 2.74. The summed E-state index contributed by atoms with van der Waals surface area (Å²) in [6, 6.07) is 2.72. The lowest BCUT2D eigenvalue weighted by molar-refractivity contribution is -0.117. The molecule has 0 saturated carbocycles. The van der Waals surface area contributed by atoms with Crippen molar-refractivity contribution < 1.29 is 9.18 Å². The first-order chi connectivity index (χ1) is 9.02. The zero-order valence-corrected chi connectivity index (χ0v) is 11.2. The first-order valence-corrected chi connectivity index (χ1v) is 6.24. The van der Waals surface area contributed by atoms with Gasteiger partial charge in [-0.2, -0.15) is 0 Å². The highest BCUT2D eigenvalue weighted by Gasteiger charge is 2.30. The average molecular weight is 303 g/mol. The van der Waals surface area contributed by atoms with Crippen molar-refractivity contribution in [3.63, 3.8) is 0 Å². The second-order valence-electron chi connectivity index (χ2n) is 4.21. The second-order valence-corrected chi connectivity index (χ2v) is 5.03. The van der Waals surface area contributed by atoms with Crippen molar-refractivity contribution in [1.29, 1.82) is 0 Å². The molecule has 0 N–H and O–H groups in total. The molecule has 100 valence electrons. The molecule has 8 heteroatoms. The smallest absolute Gasteiger partial charge is 0.227 e. The predicted molar refractivity (Wildman–Crippen MR) is 70.9 cm³/mol. The van der Waals surface area contributed by atoms with Gasteiger partial charge in [-0.1, -0.05) is 28.3 Å². The Balaban J connectivity index is 2.23. The molecule has 5 nitrogen and oxygen atoms in total. The third kappa shape index (κ3) is 2.92. The lowest BCUT2D eigenvalue weighted by Gasteiger charge is -2.17. The molecule has 0 aliphatic carbocycles. The van der Waals surface area contributed by atoms with Gasteiger partial charge in [-0.25, -0.2) is 4.39 Å². The Labute approximate surface area is 118 Å². The van der Waals surface area contributed by atoms with Crippen LogP contribution < -0.4 is 4.90 Å². The van der Waals surface area contributed by atoms with E-state index >= 15 is 0 Å². The first-order valence-electron chi connectivity index (χ1n) is 5.48. The van der Waals surface area contributed by atoms with Crippen molar-refractivity contribution in [2.45, 2.75) is 6.42 Å². The van der Waals surface area contributed by atoms with E-state index in [9.17, 15) is 9.18 Å². The molecule has 0 bridgehead atoms. The van der Waals surface area contributed by atoms with Crippen LogP contribution in [0.1, 0.15) is 6.42 Å². The number of carbonyl (C=O) groups excluding carboxylic acids is 1. The minimum absolute atomic E-state index is 0.0500. The lowest BCUT2D eigenvalue weighted by Crippen LogP contribution is -2.24. The maximum absolute atomic E-state index is 13.3. The van der Waals surface area contributed by atoms with Crippen LogP contribution in [0.5, 0.6) is 0 Å². The molecule has 1 aliphatic heterocycles. The molecule has 0 aromatic heterocycles. The van der Waals surface area contributed by atoms with E-state index in [1.807, 2.05) is 0 Å². The Morgan fingerprint density at radius 2 is 2.11 bits per heavy atom. The van der Waals surface area contributed by atoms with Crippen molar-refractivity contribution in [3.8, 4) is 0 Å². The molecule has 1 unspecified atom stereocenters. The summed E-state index contributed by atoms with van der Waals surface area (Å²) < 4.78 is 13.3. The largest absolute Gasteiger partial charge is 0.312 e. The second kappa shape index (κ2) is 5.65. The predicted octanol–water partition coefficient (Wildman–Crippen LogP) is 3.80. The molecule has 0 radical (unpaired) electrons. The van der Waals surface area contributed by atoms with Crippen LogP contribution in [0, 0.1) is 11.7 Å². The SMILES string of the molecule is [N-]=[N+]=NCC1CC(=O)N(c2cc(Cl)c(F)c(Cl)c2)C1. The molecule has 1 amide bonds. The molecule has 1 aromatic rings. The molecule has 1 aromatic carbocycles. The summed E-state index contributed by atoms with van der Waals surface area (Å²) in [5, 5.41) is 3.19. The number of nitrogens with zero attached hydrogens (tertiary/aromatic N) is 4. The number of amides is 1. The van der Waals surface area contributed by atoms with E-state index < -0.39 is 5.82 Å². The van der Waals surface area contributed by atoms with Gasteiger partial charge in [-0.05, 0) is 23.6 Å². The maximum Gasteiger partial charge on any atom is 0.227 e. The van der Waals surface area contributed by atoms with Crippen LogP contribution >= 0.6 is 23.2 Å². The number of carbonyl (C=O) groups is 1. The van der Waals surface area contributed by atoms with Crippen LogP contribution in [0.25, 0.3) is 10.4 Å². The monoisotopic (exact) mass is 302 g/mol. The molecule has 0 spiro atoms. The van der Waals surface area contributed by atoms with E-state index in [2.05, 4.69) is 10.0 Å². The molecular weight excluding hydrogens is 294 g/mol. The molecule has 1 aliphatic rings. The standard InChI is InChI=1S/C11H9Cl2FN4O/c12-8-2-7(3-9(13)11(8)14)18-5-6(1-10(18)19)4-16-17-15/h2-3,6H,1,4-5H2. The van der Waals surface area contributed by atoms with Crippen molar-refractivity contribution >= 4 is 34.8 Å². The van der Waals surface area contributed by atoms with Gasteiger partial charge in [-0.15, -0.1) is 0 Å². The fourth-order valence-corrected chi connectivity index (χ4v) is 2.48. The summed E-state index contributed by atoms with van der Waals surface area (Å²) in [5.41, 5.74) is 8.71. The number of rotatable bonds is 3. The quantitative estimate of drug-likeness (QED) is 0.362. The molecule has 19 heavy (non-hydrogen) atoms. The van der Waals surface area contributed by atoms with Crippen LogP contribution in [0.2, 0.25) is 10.0 Å². The summed E-state index contributed by atoms with van der Waals surface area (Å²) in [6.45, 7) is 0.650. The van der Waals surface area contributed by atoms with Gasteiger partial charge in [0.05, 0.1) is 10.0 Å². The molecular formula is C11H9Cl2FN4O. The third-order valence-corrected chi connectivity index (χ3v) is 3.44. The zero-order chi connectivity index (χ0) is 14.0. The summed E-state index contributed by atoms with van der Waals surface area (Å²) >= 11 is 11.4. The Hall–Kier alpha value is -1.49. The van der Waals surface area contributed by atoms with Gasteiger partial charge in [0.25, 0.3) is 0 Å². The number of azide groups is 1. The number of hydrogen-bond donors (Lipinski definition) is 0. The van der Waals surface area contributed by atoms with Gasteiger partial charge in [0.15, 0.2) is 5.82 Å². The highest BCUT2D eigenvalue weighted by atomic mass is 35.5. The van der Waals surface area contributed by atoms with E-state index in [-0.39, 0.29) is 34.8 Å². The summed E-state index contributed by atoms with van der Waals surface area (Å²) in [4.78, 5) is 16.0. The zero-order valence-electron chi connectivity index (χ0n) is 9.68. The number of benzene rings is 1. The normalized spacial score (nSPS) is 18.6. The van der Waals surface area contributed by atoms with Gasteiger partial charge in [0, 0.05) is 30.1 Å². The first kappa shape index (κ1) is 13.9. The van der Waals surface area contributed by atoms with Crippen LogP contribution in [0.15, 0.2) is 17.2 Å². The van der Waals surface area contributed by atoms with Crippen molar-refractivity contribution in [2.75, 3.05) is 18.0 Å². The van der Waals surface area contributed by atoms with Gasteiger partial charge in [0.1, 0.15) is 0 Å². The summed E-state index contributed by atoms with van der Waals surface area (Å²) in [7, 11) is 0. The Morgan fingerprint density at radius 1 is 1.47 bits per heavy atom. The molecule has 1 atom stereocenters. The van der Waals surface area contributed by atoms with Crippen LogP contribution in [-0.4, -0.2) is 19.0 Å². The van der Waals surface area contributed by atoms with Gasteiger partial charge >= 0.3 is 0 Å². The Bertz CT molecular complexity index is 551. The number of halogens is 3. The van der Waals surface area contributed by atoms with E-state index in [1.165, 1.54) is 17.0 Å². The highest BCUT2D eigenvalue weighted by Crippen LogP contribution is 2.32. The van der Waals surface area contributed by atoms with E-state index in [1.54, 1.807) is 0 Å². The van der Waals surface area contributed by atoms with Gasteiger partial charge in [0.2, 0.25) is 5.91 Å². The molecule has 1 saturated heterocycles. The molecule has 2 rings (SSSR count). The van der Waals surface area contributed by atoms with Crippen molar-refractivity contribution in [1.82, 2.24) is 0 Å². The number of hydrogen-bond acceptors (Lipinski definition) is 2. The van der Waals surface area contributed by atoms with Gasteiger partial charge < -0.3 is 4.90 Å². The van der Waals surface area contributed by atoms with Gasteiger partial charge in [-0.3, -0.25) is 4.79 Å². The molecule has 1 heterocycles. The van der Waals surface area contributed by atoms with E-state index in [4.69, 9.17) is 28.7 Å². The maximum atomic E-state index is 13.3. The summed E-state index contributed by atoms with van der Waals surface area (Å²) in [5.74, 6) is -0.882. The fourth-order valence-electron chi connectivity index (χ4n) is 2.00. The summed E-state index contributed by atoms with van der Waals surface area (Å²) in [6.07, 6.45) is 0.283. The van der Waals surface area contributed by atoms with E-state index in [0.29, 0.717) is 12.2 Å². The van der Waals surface area contributed by atoms with Crippen LogP contribution in [0.4, 0.5) is 10.1 Å². The molecule has 1 fully saturated rings. The highest BCUT2D eigenvalue weighted by molar-refractivity contribution is 6.35. The topological polar surface area (TPSA) is 69.1 Å². The van der Waals surface area contributed by atoms with Crippen LogP contribution in [0.3, 0.4) is 0 Å². The van der Waals surface area contributed by atoms with Crippen molar-refractivity contribution in [3.05, 3.63) is 38.4 Å². The fraction of sp³-hybridized carbons (Fsp3) is 0.364. The Morgan fingerprint density at radius 3 is 2.68 bits per heavy atom. The minimum Gasteiger partial charge on any atom is -0.312 e. The van der Waals surface area contributed by atoms with E-state index in [0.717, 1.165) is 0 Å². The third-order valence-electron chi connectivity index (χ3n) is 2.89. The van der Waals surface area contributed by atoms with Crippen LogP contribution in [-0.2, 0) is 4.79 Å². The Kier molecular flexibility index (Phi) is 4.14. The minimum atomic E-state index is -0.704. The number of anilines is 1. The lowest BCUT2D eigenvalue weighted by atomic mass is 10.1.